The Morgan fingerprint density at radius 2 is 1.75 bits per heavy atom. The maximum Gasteiger partial charge on any atom is 0.218 e. The average Bonchev–Trinajstić information content (AvgIpc) is 2.43. The maximum absolute atomic E-state index is 12.6. The Labute approximate surface area is 127 Å². The normalized spacial score (nSPS) is 17.6. The highest BCUT2D eigenvalue weighted by Gasteiger charge is 2.29. The highest BCUT2D eigenvalue weighted by Crippen LogP contribution is 2.26. The first-order chi connectivity index (χ1) is 9.53. The van der Waals surface area contributed by atoms with E-state index >= 15 is 0 Å². The summed E-state index contributed by atoms with van der Waals surface area (Å²) >= 11 is 5.83. The Hall–Kier alpha value is -0.580. The lowest BCUT2D eigenvalue weighted by atomic mass is 9.95. The third kappa shape index (κ3) is 3.96. The minimum atomic E-state index is -3.25. The Balaban J connectivity index is 2.12. The molecule has 0 N–H and O–H groups in total. The Kier molecular flexibility index (Phi) is 5.47. The van der Waals surface area contributed by atoms with Gasteiger partial charge in [0.05, 0.1) is 5.75 Å². The maximum atomic E-state index is 12.6. The van der Waals surface area contributed by atoms with Gasteiger partial charge in [0.25, 0.3) is 0 Å². The van der Waals surface area contributed by atoms with E-state index in [1.54, 1.807) is 28.6 Å². The fourth-order valence-electron chi connectivity index (χ4n) is 2.93. The Bertz CT molecular complexity index is 521. The third-order valence-corrected chi connectivity index (χ3v) is 6.13. The number of rotatable bonds is 5. The van der Waals surface area contributed by atoms with Crippen LogP contribution in [0, 0.1) is 0 Å². The summed E-state index contributed by atoms with van der Waals surface area (Å²) in [6.45, 7) is 2.48. The SMILES string of the molecule is CCN(C1CCCCC1)S(=O)(=O)Cc1ccc(Cl)cc1. The van der Waals surface area contributed by atoms with E-state index in [-0.39, 0.29) is 11.8 Å². The molecule has 0 bridgehead atoms. The van der Waals surface area contributed by atoms with E-state index in [9.17, 15) is 8.42 Å². The molecular formula is C15H22ClNO2S. The number of sulfonamides is 1. The zero-order chi connectivity index (χ0) is 14.6. The molecule has 0 heterocycles. The molecule has 5 heteroatoms. The van der Waals surface area contributed by atoms with Gasteiger partial charge in [0.15, 0.2) is 0 Å². The molecule has 0 atom stereocenters. The summed E-state index contributed by atoms with van der Waals surface area (Å²) in [5.41, 5.74) is 0.795. The van der Waals surface area contributed by atoms with Crippen molar-refractivity contribution >= 4 is 21.6 Å². The largest absolute Gasteiger partial charge is 0.218 e. The number of halogens is 1. The monoisotopic (exact) mass is 315 g/mol. The lowest BCUT2D eigenvalue weighted by Gasteiger charge is -2.32. The molecule has 112 valence electrons. The summed E-state index contributed by atoms with van der Waals surface area (Å²) in [5.74, 6) is 0.0640. The zero-order valence-corrected chi connectivity index (χ0v) is 13.5. The fourth-order valence-corrected chi connectivity index (χ4v) is 4.89. The first-order valence-electron chi connectivity index (χ1n) is 7.27. The molecular weight excluding hydrogens is 294 g/mol. The van der Waals surface area contributed by atoms with Crippen LogP contribution >= 0.6 is 11.6 Å². The van der Waals surface area contributed by atoms with Gasteiger partial charge in [0.2, 0.25) is 10.0 Å². The second kappa shape index (κ2) is 6.92. The minimum absolute atomic E-state index is 0.0640. The van der Waals surface area contributed by atoms with E-state index in [2.05, 4.69) is 0 Å². The van der Waals surface area contributed by atoms with Gasteiger partial charge in [0.1, 0.15) is 0 Å². The van der Waals surface area contributed by atoms with Gasteiger partial charge in [-0.15, -0.1) is 0 Å². The molecule has 0 aromatic heterocycles. The summed E-state index contributed by atoms with van der Waals surface area (Å²) in [6, 6.07) is 7.24. The van der Waals surface area contributed by atoms with Crippen LogP contribution < -0.4 is 0 Å². The molecule has 1 fully saturated rings. The minimum Gasteiger partial charge on any atom is -0.212 e. The smallest absolute Gasteiger partial charge is 0.212 e. The summed E-state index contributed by atoms with van der Waals surface area (Å²) in [7, 11) is -3.25. The quantitative estimate of drug-likeness (QED) is 0.828. The van der Waals surface area contributed by atoms with Crippen LogP contribution in [-0.2, 0) is 15.8 Å². The van der Waals surface area contributed by atoms with Crippen molar-refractivity contribution in [1.29, 1.82) is 0 Å². The molecule has 0 spiro atoms. The molecule has 1 aliphatic rings. The van der Waals surface area contributed by atoms with Crippen molar-refractivity contribution in [2.24, 2.45) is 0 Å². The molecule has 0 aliphatic heterocycles. The topological polar surface area (TPSA) is 37.4 Å². The Morgan fingerprint density at radius 3 is 2.30 bits per heavy atom. The van der Waals surface area contributed by atoms with Crippen LogP contribution in [0.4, 0.5) is 0 Å². The third-order valence-electron chi connectivity index (χ3n) is 3.91. The van der Waals surface area contributed by atoms with Crippen molar-refractivity contribution in [3.8, 4) is 0 Å². The molecule has 20 heavy (non-hydrogen) atoms. The van der Waals surface area contributed by atoms with Crippen LogP contribution in [0.3, 0.4) is 0 Å². The molecule has 1 aromatic rings. The van der Waals surface area contributed by atoms with Crippen LogP contribution in [0.15, 0.2) is 24.3 Å². The van der Waals surface area contributed by atoms with E-state index in [1.165, 1.54) is 6.42 Å². The second-order valence-electron chi connectivity index (χ2n) is 5.38. The molecule has 3 nitrogen and oxygen atoms in total. The van der Waals surface area contributed by atoms with E-state index in [4.69, 9.17) is 11.6 Å². The predicted molar refractivity (Wildman–Crippen MR) is 83.3 cm³/mol. The van der Waals surface area contributed by atoms with Crippen molar-refractivity contribution in [3.63, 3.8) is 0 Å². The predicted octanol–water partition coefficient (Wildman–Crippen LogP) is 3.82. The first-order valence-corrected chi connectivity index (χ1v) is 9.25. The molecule has 0 saturated heterocycles. The summed E-state index contributed by atoms with van der Waals surface area (Å²) in [4.78, 5) is 0. The molecule has 1 saturated carbocycles. The summed E-state index contributed by atoms with van der Waals surface area (Å²) in [6.07, 6.45) is 5.49. The highest BCUT2D eigenvalue weighted by molar-refractivity contribution is 7.88. The average molecular weight is 316 g/mol. The van der Waals surface area contributed by atoms with Gasteiger partial charge in [-0.1, -0.05) is 49.9 Å². The van der Waals surface area contributed by atoms with Crippen molar-refractivity contribution in [2.75, 3.05) is 6.54 Å². The summed E-state index contributed by atoms with van der Waals surface area (Å²) in [5, 5.41) is 0.630. The first kappa shape index (κ1) is 15.8. The Morgan fingerprint density at radius 1 is 1.15 bits per heavy atom. The van der Waals surface area contributed by atoms with Gasteiger partial charge < -0.3 is 0 Å². The van der Waals surface area contributed by atoms with E-state index in [0.29, 0.717) is 11.6 Å². The molecule has 1 aromatic carbocycles. The lowest BCUT2D eigenvalue weighted by Crippen LogP contribution is -2.41. The van der Waals surface area contributed by atoms with E-state index < -0.39 is 10.0 Å². The number of hydrogen-bond acceptors (Lipinski definition) is 2. The van der Waals surface area contributed by atoms with Gasteiger partial charge in [-0.2, -0.15) is 4.31 Å². The number of hydrogen-bond donors (Lipinski definition) is 0. The fraction of sp³-hybridized carbons (Fsp3) is 0.600. The van der Waals surface area contributed by atoms with Gasteiger partial charge in [-0.25, -0.2) is 8.42 Å². The van der Waals surface area contributed by atoms with Crippen molar-refractivity contribution < 1.29 is 8.42 Å². The molecule has 0 radical (unpaired) electrons. The highest BCUT2D eigenvalue weighted by atomic mass is 35.5. The molecule has 2 rings (SSSR count). The van der Waals surface area contributed by atoms with Gasteiger partial charge >= 0.3 is 0 Å². The van der Waals surface area contributed by atoms with Gasteiger partial charge in [-0.3, -0.25) is 0 Å². The molecule has 0 unspecified atom stereocenters. The lowest BCUT2D eigenvalue weighted by molar-refractivity contribution is 0.261. The zero-order valence-electron chi connectivity index (χ0n) is 11.9. The van der Waals surface area contributed by atoms with Gasteiger partial charge in [0, 0.05) is 17.6 Å². The molecule has 0 amide bonds. The van der Waals surface area contributed by atoms with Crippen molar-refractivity contribution in [3.05, 3.63) is 34.9 Å². The van der Waals surface area contributed by atoms with Crippen molar-refractivity contribution in [1.82, 2.24) is 4.31 Å². The van der Waals surface area contributed by atoms with Crippen LogP contribution in [0.1, 0.15) is 44.6 Å². The second-order valence-corrected chi connectivity index (χ2v) is 7.74. The number of benzene rings is 1. The number of nitrogens with zero attached hydrogens (tertiary/aromatic N) is 1. The van der Waals surface area contributed by atoms with Crippen LogP contribution in [-0.4, -0.2) is 25.3 Å². The van der Waals surface area contributed by atoms with Crippen LogP contribution in [0.2, 0.25) is 5.02 Å². The van der Waals surface area contributed by atoms with Crippen molar-refractivity contribution in [2.45, 2.75) is 50.8 Å². The van der Waals surface area contributed by atoms with Crippen LogP contribution in [0.5, 0.6) is 0 Å². The molecule has 1 aliphatic carbocycles. The van der Waals surface area contributed by atoms with E-state index in [0.717, 1.165) is 31.2 Å². The standard InChI is InChI=1S/C15H22ClNO2S/c1-2-17(15-6-4-3-5-7-15)20(18,19)12-13-8-10-14(16)11-9-13/h8-11,15H,2-7,12H2,1H3. The van der Waals surface area contributed by atoms with Gasteiger partial charge in [-0.05, 0) is 30.5 Å². The van der Waals surface area contributed by atoms with Crippen LogP contribution in [0.25, 0.3) is 0 Å². The summed E-state index contributed by atoms with van der Waals surface area (Å²) < 4.78 is 26.9. The van der Waals surface area contributed by atoms with E-state index in [1.807, 2.05) is 6.92 Å².